The number of rotatable bonds is 3. The molecule has 4 nitrogen and oxygen atoms in total. The van der Waals surface area contributed by atoms with Gasteiger partial charge in [0.25, 0.3) is 0 Å². The smallest absolute Gasteiger partial charge is 0.224 e. The lowest BCUT2D eigenvalue weighted by Gasteiger charge is -2.21. The van der Waals surface area contributed by atoms with Crippen molar-refractivity contribution < 1.29 is 4.39 Å². The third kappa shape index (κ3) is 2.25. The Hall–Kier alpha value is -2.17. The van der Waals surface area contributed by atoms with Crippen molar-refractivity contribution >= 4 is 17.5 Å². The summed E-state index contributed by atoms with van der Waals surface area (Å²) < 4.78 is 13.8. The molecule has 0 amide bonds. The van der Waals surface area contributed by atoms with Crippen LogP contribution in [-0.2, 0) is 0 Å². The van der Waals surface area contributed by atoms with Gasteiger partial charge < -0.3 is 10.2 Å². The zero-order chi connectivity index (χ0) is 13.1. The highest BCUT2D eigenvalue weighted by atomic mass is 19.1. The molecule has 0 aliphatic carbocycles. The standard InChI is InChI=1S/C13H15FN4/c1-9-6-4-5-7-11(9)18(3)12-10(14)8-16-13(15-2)17-12/h4-8H,1-3H3,(H,15,16,17). The summed E-state index contributed by atoms with van der Waals surface area (Å²) in [6.07, 6.45) is 1.17. The molecular formula is C13H15FN4. The van der Waals surface area contributed by atoms with Crippen LogP contribution in [0.25, 0.3) is 0 Å². The van der Waals surface area contributed by atoms with E-state index in [9.17, 15) is 4.39 Å². The van der Waals surface area contributed by atoms with Crippen LogP contribution in [0.1, 0.15) is 5.56 Å². The molecule has 0 atom stereocenters. The van der Waals surface area contributed by atoms with E-state index in [0.29, 0.717) is 5.95 Å². The maximum atomic E-state index is 13.8. The van der Waals surface area contributed by atoms with Crippen molar-refractivity contribution in [3.63, 3.8) is 0 Å². The van der Waals surface area contributed by atoms with Crippen molar-refractivity contribution in [3.8, 4) is 0 Å². The minimum absolute atomic E-state index is 0.253. The number of benzene rings is 1. The molecule has 0 bridgehead atoms. The number of aromatic nitrogens is 2. The van der Waals surface area contributed by atoms with E-state index in [1.165, 1.54) is 6.20 Å². The Morgan fingerprint density at radius 2 is 2.00 bits per heavy atom. The third-order valence-corrected chi connectivity index (χ3v) is 2.74. The maximum Gasteiger partial charge on any atom is 0.224 e. The lowest BCUT2D eigenvalue weighted by Crippen LogP contribution is -2.15. The Morgan fingerprint density at radius 3 is 2.67 bits per heavy atom. The summed E-state index contributed by atoms with van der Waals surface area (Å²) in [6, 6.07) is 7.76. The van der Waals surface area contributed by atoms with Crippen molar-refractivity contribution in [1.29, 1.82) is 0 Å². The monoisotopic (exact) mass is 246 g/mol. The van der Waals surface area contributed by atoms with E-state index in [1.807, 2.05) is 31.2 Å². The van der Waals surface area contributed by atoms with Crippen molar-refractivity contribution in [2.75, 3.05) is 24.3 Å². The topological polar surface area (TPSA) is 41.1 Å². The third-order valence-electron chi connectivity index (χ3n) is 2.74. The normalized spacial score (nSPS) is 10.2. The van der Waals surface area contributed by atoms with E-state index < -0.39 is 5.82 Å². The van der Waals surface area contributed by atoms with Crippen molar-refractivity contribution in [2.45, 2.75) is 6.92 Å². The highest BCUT2D eigenvalue weighted by Gasteiger charge is 2.14. The molecular weight excluding hydrogens is 231 g/mol. The number of halogens is 1. The first-order valence-corrected chi connectivity index (χ1v) is 5.63. The number of aryl methyl sites for hydroxylation is 1. The number of anilines is 3. The molecule has 0 saturated carbocycles. The number of nitrogens with zero attached hydrogens (tertiary/aromatic N) is 3. The van der Waals surface area contributed by atoms with E-state index in [2.05, 4.69) is 15.3 Å². The summed E-state index contributed by atoms with van der Waals surface area (Å²) in [5, 5.41) is 2.80. The highest BCUT2D eigenvalue weighted by Crippen LogP contribution is 2.27. The van der Waals surface area contributed by atoms with Gasteiger partial charge in [0.15, 0.2) is 11.6 Å². The van der Waals surface area contributed by atoms with Gasteiger partial charge >= 0.3 is 0 Å². The van der Waals surface area contributed by atoms with Gasteiger partial charge in [0.05, 0.1) is 6.20 Å². The Balaban J connectivity index is 2.45. The van der Waals surface area contributed by atoms with E-state index in [-0.39, 0.29) is 5.82 Å². The summed E-state index contributed by atoms with van der Waals surface area (Å²) in [5.41, 5.74) is 1.97. The van der Waals surface area contributed by atoms with Crippen LogP contribution in [-0.4, -0.2) is 24.1 Å². The maximum absolute atomic E-state index is 13.8. The second-order valence-electron chi connectivity index (χ2n) is 3.96. The Kier molecular flexibility index (Phi) is 3.41. The van der Waals surface area contributed by atoms with Crippen LogP contribution in [0.2, 0.25) is 0 Å². The Labute approximate surface area is 105 Å². The zero-order valence-corrected chi connectivity index (χ0v) is 10.6. The molecule has 94 valence electrons. The van der Waals surface area contributed by atoms with Gasteiger partial charge in [0.2, 0.25) is 5.95 Å². The predicted octanol–water partition coefficient (Wildman–Crippen LogP) is 2.73. The van der Waals surface area contributed by atoms with Crippen LogP contribution in [0, 0.1) is 12.7 Å². The van der Waals surface area contributed by atoms with Gasteiger partial charge in [-0.2, -0.15) is 4.98 Å². The molecule has 0 saturated heterocycles. The largest absolute Gasteiger partial charge is 0.357 e. The van der Waals surface area contributed by atoms with Crippen LogP contribution >= 0.6 is 0 Å². The lowest BCUT2D eigenvalue weighted by atomic mass is 10.2. The lowest BCUT2D eigenvalue weighted by molar-refractivity contribution is 0.614. The van der Waals surface area contributed by atoms with Gasteiger partial charge in [0.1, 0.15) is 0 Å². The van der Waals surface area contributed by atoms with Gasteiger partial charge in [-0.15, -0.1) is 0 Å². The molecule has 0 spiro atoms. The molecule has 0 unspecified atom stereocenters. The molecule has 2 rings (SSSR count). The molecule has 0 fully saturated rings. The fourth-order valence-electron chi connectivity index (χ4n) is 1.77. The molecule has 0 aliphatic rings. The van der Waals surface area contributed by atoms with E-state index >= 15 is 0 Å². The molecule has 18 heavy (non-hydrogen) atoms. The molecule has 0 aliphatic heterocycles. The summed E-state index contributed by atoms with van der Waals surface area (Å²) in [6.45, 7) is 1.98. The molecule has 1 heterocycles. The minimum atomic E-state index is -0.445. The van der Waals surface area contributed by atoms with Gasteiger partial charge in [-0.25, -0.2) is 9.37 Å². The van der Waals surface area contributed by atoms with Gasteiger partial charge in [-0.1, -0.05) is 18.2 Å². The van der Waals surface area contributed by atoms with E-state index in [4.69, 9.17) is 0 Å². The van der Waals surface area contributed by atoms with E-state index in [0.717, 1.165) is 11.3 Å². The molecule has 2 aromatic rings. The van der Waals surface area contributed by atoms with Crippen molar-refractivity contribution in [2.24, 2.45) is 0 Å². The Morgan fingerprint density at radius 1 is 1.28 bits per heavy atom. The second-order valence-corrected chi connectivity index (χ2v) is 3.96. The summed E-state index contributed by atoms with van der Waals surface area (Å²) in [7, 11) is 3.48. The summed E-state index contributed by atoms with van der Waals surface area (Å²) in [4.78, 5) is 9.68. The van der Waals surface area contributed by atoms with Crippen LogP contribution in [0.15, 0.2) is 30.5 Å². The number of hydrogen-bond acceptors (Lipinski definition) is 4. The van der Waals surface area contributed by atoms with Crippen LogP contribution in [0.3, 0.4) is 0 Å². The summed E-state index contributed by atoms with van der Waals surface area (Å²) >= 11 is 0. The predicted molar refractivity (Wildman–Crippen MR) is 70.8 cm³/mol. The molecule has 5 heteroatoms. The average molecular weight is 246 g/mol. The van der Waals surface area contributed by atoms with E-state index in [1.54, 1.807) is 19.0 Å². The zero-order valence-electron chi connectivity index (χ0n) is 10.6. The first-order valence-electron chi connectivity index (χ1n) is 5.63. The van der Waals surface area contributed by atoms with Crippen molar-refractivity contribution in [3.05, 3.63) is 41.8 Å². The van der Waals surface area contributed by atoms with Crippen molar-refractivity contribution in [1.82, 2.24) is 9.97 Å². The Bertz CT molecular complexity index is 556. The first kappa shape index (κ1) is 12.3. The van der Waals surface area contributed by atoms with Gasteiger partial charge in [-0.3, -0.25) is 0 Å². The number of para-hydroxylation sites is 1. The van der Waals surface area contributed by atoms with Gasteiger partial charge in [0, 0.05) is 19.8 Å². The van der Waals surface area contributed by atoms with Crippen LogP contribution in [0.4, 0.5) is 21.8 Å². The van der Waals surface area contributed by atoms with Crippen LogP contribution < -0.4 is 10.2 Å². The van der Waals surface area contributed by atoms with Gasteiger partial charge in [-0.05, 0) is 18.6 Å². The summed E-state index contributed by atoms with van der Waals surface area (Å²) in [5.74, 6) is 0.204. The average Bonchev–Trinajstić information content (AvgIpc) is 2.39. The minimum Gasteiger partial charge on any atom is -0.357 e. The fraction of sp³-hybridized carbons (Fsp3) is 0.231. The molecule has 1 aromatic carbocycles. The highest BCUT2D eigenvalue weighted by molar-refractivity contribution is 5.63. The second kappa shape index (κ2) is 5.00. The fourth-order valence-corrected chi connectivity index (χ4v) is 1.77. The molecule has 1 aromatic heterocycles. The molecule has 1 N–H and O–H groups in total. The quantitative estimate of drug-likeness (QED) is 0.904. The number of hydrogen-bond donors (Lipinski definition) is 1. The first-order chi connectivity index (χ1) is 8.63. The SMILES string of the molecule is CNc1ncc(F)c(N(C)c2ccccc2C)n1. The van der Waals surface area contributed by atoms with Crippen LogP contribution in [0.5, 0.6) is 0 Å². The number of nitrogens with one attached hydrogen (secondary N) is 1. The molecule has 0 radical (unpaired) electrons.